The molecule has 1 heterocycles. The molecule has 1 aromatic heterocycles. The van der Waals surface area contributed by atoms with Crippen LogP contribution in [0.2, 0.25) is 0 Å². The third-order valence-corrected chi connectivity index (χ3v) is 3.99. The van der Waals surface area contributed by atoms with E-state index in [0.717, 1.165) is 11.4 Å². The minimum Gasteiger partial charge on any atom is -0.389 e. The fraction of sp³-hybridized carbons (Fsp3) is 0.667. The minimum atomic E-state index is -0.435. The first kappa shape index (κ1) is 13.3. The zero-order valence-electron chi connectivity index (χ0n) is 11.5. The number of aromatic nitrogens is 1. The maximum absolute atomic E-state index is 9.49. The largest absolute Gasteiger partial charge is 0.389 e. The number of hydrogen-bond acceptors (Lipinski definition) is 3. The van der Waals surface area contributed by atoms with Gasteiger partial charge in [0, 0.05) is 19.3 Å². The number of aliphatic hydroxyl groups excluding tert-OH is 1. The van der Waals surface area contributed by atoms with Crippen LogP contribution in [0.3, 0.4) is 0 Å². The molecule has 1 aromatic rings. The van der Waals surface area contributed by atoms with Crippen LogP contribution in [0.15, 0.2) is 18.3 Å². The Morgan fingerprint density at radius 1 is 1.22 bits per heavy atom. The van der Waals surface area contributed by atoms with E-state index in [0.29, 0.717) is 6.04 Å². The average molecular weight is 248 g/mol. The number of rotatable bonds is 3. The van der Waals surface area contributed by atoms with E-state index in [1.165, 1.54) is 38.5 Å². The van der Waals surface area contributed by atoms with E-state index in [-0.39, 0.29) is 0 Å². The SMILES string of the molecule is C[C@H](O)c1ccc(N(C)C2CCCCCC2)nc1. The lowest BCUT2D eigenvalue weighted by molar-refractivity contribution is 0.199. The average Bonchev–Trinajstić information content (AvgIpc) is 2.67. The van der Waals surface area contributed by atoms with Gasteiger partial charge in [-0.2, -0.15) is 0 Å². The van der Waals surface area contributed by atoms with E-state index in [9.17, 15) is 5.11 Å². The quantitative estimate of drug-likeness (QED) is 0.834. The molecule has 0 saturated heterocycles. The smallest absolute Gasteiger partial charge is 0.128 e. The first-order valence-electron chi connectivity index (χ1n) is 7.05. The summed E-state index contributed by atoms with van der Waals surface area (Å²) < 4.78 is 0. The van der Waals surface area contributed by atoms with Gasteiger partial charge in [0.25, 0.3) is 0 Å². The second kappa shape index (κ2) is 6.19. The van der Waals surface area contributed by atoms with Crippen LogP contribution in [0.4, 0.5) is 5.82 Å². The van der Waals surface area contributed by atoms with Gasteiger partial charge in [0.2, 0.25) is 0 Å². The molecule has 0 spiro atoms. The van der Waals surface area contributed by atoms with Gasteiger partial charge in [-0.3, -0.25) is 0 Å². The Balaban J connectivity index is 2.05. The maximum atomic E-state index is 9.49. The molecule has 3 heteroatoms. The van der Waals surface area contributed by atoms with E-state index < -0.39 is 6.10 Å². The maximum Gasteiger partial charge on any atom is 0.128 e. The van der Waals surface area contributed by atoms with Gasteiger partial charge < -0.3 is 10.0 Å². The molecule has 1 N–H and O–H groups in total. The van der Waals surface area contributed by atoms with Crippen LogP contribution in [-0.4, -0.2) is 23.2 Å². The molecule has 100 valence electrons. The summed E-state index contributed by atoms with van der Waals surface area (Å²) in [6.45, 7) is 1.77. The van der Waals surface area contributed by atoms with Crippen LogP contribution >= 0.6 is 0 Å². The van der Waals surface area contributed by atoms with Gasteiger partial charge in [-0.1, -0.05) is 31.7 Å². The van der Waals surface area contributed by atoms with Crippen molar-refractivity contribution >= 4 is 5.82 Å². The molecule has 0 amide bonds. The van der Waals surface area contributed by atoms with Crippen LogP contribution in [0, 0.1) is 0 Å². The number of nitrogens with zero attached hydrogens (tertiary/aromatic N) is 2. The molecule has 2 rings (SSSR count). The Morgan fingerprint density at radius 3 is 2.39 bits per heavy atom. The lowest BCUT2D eigenvalue weighted by Crippen LogP contribution is -2.31. The van der Waals surface area contributed by atoms with E-state index in [1.807, 2.05) is 12.1 Å². The van der Waals surface area contributed by atoms with Crippen molar-refractivity contribution in [1.29, 1.82) is 0 Å². The molecule has 1 aliphatic rings. The monoisotopic (exact) mass is 248 g/mol. The summed E-state index contributed by atoms with van der Waals surface area (Å²) in [6, 6.07) is 4.62. The zero-order valence-corrected chi connectivity index (χ0v) is 11.5. The number of anilines is 1. The fourth-order valence-corrected chi connectivity index (χ4v) is 2.69. The van der Waals surface area contributed by atoms with Crippen LogP contribution in [0.5, 0.6) is 0 Å². The molecule has 18 heavy (non-hydrogen) atoms. The van der Waals surface area contributed by atoms with Crippen LogP contribution < -0.4 is 4.90 Å². The highest BCUT2D eigenvalue weighted by Gasteiger charge is 2.18. The summed E-state index contributed by atoms with van der Waals surface area (Å²) in [6.07, 6.45) is 9.31. The molecular formula is C15H24N2O. The van der Waals surface area contributed by atoms with Crippen molar-refractivity contribution in [3.63, 3.8) is 0 Å². The molecule has 1 saturated carbocycles. The summed E-state index contributed by atoms with van der Waals surface area (Å²) >= 11 is 0. The molecule has 1 aliphatic carbocycles. The van der Waals surface area contributed by atoms with Crippen molar-refractivity contribution in [3.8, 4) is 0 Å². The highest BCUT2D eigenvalue weighted by molar-refractivity contribution is 5.39. The van der Waals surface area contributed by atoms with Crippen molar-refractivity contribution in [1.82, 2.24) is 4.98 Å². The molecule has 0 radical (unpaired) electrons. The fourth-order valence-electron chi connectivity index (χ4n) is 2.69. The van der Waals surface area contributed by atoms with Crippen LogP contribution in [-0.2, 0) is 0 Å². The van der Waals surface area contributed by atoms with Gasteiger partial charge in [-0.15, -0.1) is 0 Å². The molecule has 3 nitrogen and oxygen atoms in total. The van der Waals surface area contributed by atoms with Crippen LogP contribution in [0.25, 0.3) is 0 Å². The first-order valence-corrected chi connectivity index (χ1v) is 7.05. The van der Waals surface area contributed by atoms with Gasteiger partial charge in [0.1, 0.15) is 5.82 Å². The number of hydrogen-bond donors (Lipinski definition) is 1. The summed E-state index contributed by atoms with van der Waals surface area (Å²) in [5, 5.41) is 9.49. The standard InChI is InChI=1S/C15H24N2O/c1-12(18)13-9-10-15(16-11-13)17(2)14-7-5-3-4-6-8-14/h9-12,14,18H,3-8H2,1-2H3/t12-/m0/s1. The molecule has 0 bridgehead atoms. The van der Waals surface area contributed by atoms with Gasteiger partial charge in [0.15, 0.2) is 0 Å². The Bertz CT molecular complexity index is 353. The number of aliphatic hydroxyl groups is 1. The highest BCUT2D eigenvalue weighted by Crippen LogP contribution is 2.24. The molecule has 1 fully saturated rings. The van der Waals surface area contributed by atoms with Gasteiger partial charge in [-0.25, -0.2) is 4.98 Å². The van der Waals surface area contributed by atoms with Gasteiger partial charge >= 0.3 is 0 Å². The van der Waals surface area contributed by atoms with Gasteiger partial charge in [-0.05, 0) is 31.4 Å². The van der Waals surface area contributed by atoms with Crippen LogP contribution in [0.1, 0.15) is 57.1 Å². The topological polar surface area (TPSA) is 36.4 Å². The predicted molar refractivity (Wildman–Crippen MR) is 74.8 cm³/mol. The first-order chi connectivity index (χ1) is 8.68. The molecule has 0 unspecified atom stereocenters. The predicted octanol–water partition coefficient (Wildman–Crippen LogP) is 3.29. The third-order valence-electron chi connectivity index (χ3n) is 3.99. The second-order valence-corrected chi connectivity index (χ2v) is 5.38. The van der Waals surface area contributed by atoms with Crippen molar-refractivity contribution in [2.75, 3.05) is 11.9 Å². The summed E-state index contributed by atoms with van der Waals surface area (Å²) in [7, 11) is 2.14. The second-order valence-electron chi connectivity index (χ2n) is 5.38. The van der Waals surface area contributed by atoms with Gasteiger partial charge in [0.05, 0.1) is 6.10 Å². The van der Waals surface area contributed by atoms with Crippen molar-refractivity contribution < 1.29 is 5.11 Å². The minimum absolute atomic E-state index is 0.435. The highest BCUT2D eigenvalue weighted by atomic mass is 16.3. The Morgan fingerprint density at radius 2 is 1.89 bits per heavy atom. The molecule has 0 aromatic carbocycles. The van der Waals surface area contributed by atoms with E-state index in [1.54, 1.807) is 13.1 Å². The van der Waals surface area contributed by atoms with Crippen molar-refractivity contribution in [2.45, 2.75) is 57.6 Å². The van der Waals surface area contributed by atoms with E-state index in [4.69, 9.17) is 0 Å². The summed E-state index contributed by atoms with van der Waals surface area (Å²) in [5.74, 6) is 1.02. The van der Waals surface area contributed by atoms with E-state index >= 15 is 0 Å². The molecular weight excluding hydrogens is 224 g/mol. The molecule has 0 aliphatic heterocycles. The van der Waals surface area contributed by atoms with Crippen molar-refractivity contribution in [2.24, 2.45) is 0 Å². The normalized spacial score (nSPS) is 19.3. The Hall–Kier alpha value is -1.09. The molecule has 1 atom stereocenters. The van der Waals surface area contributed by atoms with E-state index in [2.05, 4.69) is 16.9 Å². The number of pyridine rings is 1. The third kappa shape index (κ3) is 3.22. The summed E-state index contributed by atoms with van der Waals surface area (Å²) in [4.78, 5) is 6.77. The van der Waals surface area contributed by atoms with Crippen molar-refractivity contribution in [3.05, 3.63) is 23.9 Å². The lowest BCUT2D eigenvalue weighted by Gasteiger charge is -2.28. The Kier molecular flexibility index (Phi) is 4.59. The zero-order chi connectivity index (χ0) is 13.0. The lowest BCUT2D eigenvalue weighted by atomic mass is 10.1. The summed E-state index contributed by atoms with van der Waals surface area (Å²) in [5.41, 5.74) is 0.882. The Labute approximate surface area is 110 Å².